The molecule has 2 amide bonds. The highest BCUT2D eigenvalue weighted by molar-refractivity contribution is 5.74. The van der Waals surface area contributed by atoms with E-state index in [4.69, 9.17) is 9.47 Å². The molecular weight excluding hydrogens is 299 g/mol. The Hall–Kier alpha value is -1.82. The van der Waals surface area contributed by atoms with Crippen molar-refractivity contribution in [2.24, 2.45) is 0 Å². The molecule has 2 heterocycles. The predicted molar refractivity (Wildman–Crippen MR) is 83.6 cm³/mol. The highest BCUT2D eigenvalue weighted by Crippen LogP contribution is 2.29. The third-order valence-electron chi connectivity index (χ3n) is 4.54. The minimum Gasteiger partial charge on any atom is -0.467 e. The number of carbonyl (C=O) groups is 1. The van der Waals surface area contributed by atoms with Crippen molar-refractivity contribution >= 4 is 6.03 Å². The number of ether oxygens (including phenoxy) is 2. The van der Waals surface area contributed by atoms with Crippen molar-refractivity contribution in [1.29, 1.82) is 0 Å². The number of piperidine rings is 1. The van der Waals surface area contributed by atoms with E-state index in [-0.39, 0.29) is 25.2 Å². The summed E-state index contributed by atoms with van der Waals surface area (Å²) in [5, 5.41) is 2.91. The van der Waals surface area contributed by atoms with Crippen LogP contribution in [0.4, 0.5) is 9.18 Å². The number of benzene rings is 1. The SMILES string of the molecule is CCC1CCCCN1C(=O)NCc1cc(F)cc2c1OCOC2. The molecule has 1 unspecified atom stereocenters. The Morgan fingerprint density at radius 3 is 3.13 bits per heavy atom. The van der Waals surface area contributed by atoms with Gasteiger partial charge in [0.15, 0.2) is 6.79 Å². The van der Waals surface area contributed by atoms with Crippen molar-refractivity contribution in [1.82, 2.24) is 10.2 Å². The number of fused-ring (bicyclic) bond motifs is 1. The summed E-state index contributed by atoms with van der Waals surface area (Å²) < 4.78 is 24.4. The number of nitrogens with one attached hydrogen (secondary N) is 1. The topological polar surface area (TPSA) is 50.8 Å². The van der Waals surface area contributed by atoms with E-state index in [0.717, 1.165) is 25.8 Å². The lowest BCUT2D eigenvalue weighted by Crippen LogP contribution is -2.48. The van der Waals surface area contributed by atoms with Crippen LogP contribution in [-0.2, 0) is 17.9 Å². The summed E-state index contributed by atoms with van der Waals surface area (Å²) in [6.45, 7) is 3.64. The summed E-state index contributed by atoms with van der Waals surface area (Å²) in [7, 11) is 0. The minimum absolute atomic E-state index is 0.0818. The molecule has 0 aliphatic carbocycles. The molecule has 6 heteroatoms. The maximum Gasteiger partial charge on any atom is 0.317 e. The molecule has 3 rings (SSSR count). The summed E-state index contributed by atoms with van der Waals surface area (Å²) in [4.78, 5) is 14.4. The average molecular weight is 322 g/mol. The summed E-state index contributed by atoms with van der Waals surface area (Å²) in [5.41, 5.74) is 1.34. The molecule has 1 N–H and O–H groups in total. The van der Waals surface area contributed by atoms with Gasteiger partial charge in [-0.2, -0.15) is 0 Å². The molecule has 1 aromatic carbocycles. The van der Waals surface area contributed by atoms with Crippen LogP contribution >= 0.6 is 0 Å². The molecule has 0 aromatic heterocycles. The average Bonchev–Trinajstić information content (AvgIpc) is 2.59. The van der Waals surface area contributed by atoms with E-state index in [0.29, 0.717) is 29.5 Å². The van der Waals surface area contributed by atoms with E-state index in [1.807, 2.05) is 4.90 Å². The fourth-order valence-corrected chi connectivity index (χ4v) is 3.35. The zero-order valence-electron chi connectivity index (χ0n) is 13.4. The smallest absolute Gasteiger partial charge is 0.317 e. The van der Waals surface area contributed by atoms with E-state index in [9.17, 15) is 9.18 Å². The molecule has 2 aliphatic heterocycles. The predicted octanol–water partition coefficient (Wildman–Crippen LogP) is 3.17. The molecule has 0 spiro atoms. The maximum atomic E-state index is 13.7. The summed E-state index contributed by atoms with van der Waals surface area (Å²) >= 11 is 0. The molecule has 1 aromatic rings. The number of amides is 2. The lowest BCUT2D eigenvalue weighted by molar-refractivity contribution is -0.0173. The zero-order chi connectivity index (χ0) is 16.2. The number of likely N-dealkylation sites (tertiary alicyclic amines) is 1. The zero-order valence-corrected chi connectivity index (χ0v) is 13.4. The lowest BCUT2D eigenvalue weighted by Gasteiger charge is -2.35. The quantitative estimate of drug-likeness (QED) is 0.930. The Kier molecular flexibility index (Phi) is 5.00. The van der Waals surface area contributed by atoms with Crippen molar-refractivity contribution in [3.8, 4) is 5.75 Å². The van der Waals surface area contributed by atoms with Gasteiger partial charge in [-0.3, -0.25) is 0 Å². The van der Waals surface area contributed by atoms with Crippen LogP contribution in [0.2, 0.25) is 0 Å². The second-order valence-electron chi connectivity index (χ2n) is 6.07. The standard InChI is InChI=1S/C17H23FN2O3/c1-2-15-5-3-4-6-20(15)17(21)19-9-12-7-14(18)8-13-10-22-11-23-16(12)13/h7-8,15H,2-6,9-11H2,1H3,(H,19,21). The van der Waals surface area contributed by atoms with Gasteiger partial charge in [-0.15, -0.1) is 0 Å². The number of nitrogens with zero attached hydrogens (tertiary/aromatic N) is 1. The molecule has 2 aliphatic rings. The van der Waals surface area contributed by atoms with E-state index in [1.165, 1.54) is 18.6 Å². The monoisotopic (exact) mass is 322 g/mol. The van der Waals surface area contributed by atoms with Gasteiger partial charge in [-0.05, 0) is 37.8 Å². The Labute approximate surface area is 135 Å². The van der Waals surface area contributed by atoms with Crippen LogP contribution in [0, 0.1) is 5.82 Å². The van der Waals surface area contributed by atoms with Crippen molar-refractivity contribution in [3.63, 3.8) is 0 Å². The summed E-state index contributed by atoms with van der Waals surface area (Å²) in [5.74, 6) is 0.287. The van der Waals surface area contributed by atoms with Gasteiger partial charge in [0.25, 0.3) is 0 Å². The van der Waals surface area contributed by atoms with Gasteiger partial charge >= 0.3 is 6.03 Å². The van der Waals surface area contributed by atoms with E-state index < -0.39 is 0 Å². The Morgan fingerprint density at radius 2 is 2.30 bits per heavy atom. The fraction of sp³-hybridized carbons (Fsp3) is 0.588. The van der Waals surface area contributed by atoms with Gasteiger partial charge in [0.1, 0.15) is 11.6 Å². The lowest BCUT2D eigenvalue weighted by atomic mass is 10.0. The number of urea groups is 1. The second-order valence-corrected chi connectivity index (χ2v) is 6.07. The Balaban J connectivity index is 1.68. The third kappa shape index (κ3) is 3.58. The van der Waals surface area contributed by atoms with Crippen molar-refractivity contribution in [2.45, 2.75) is 51.8 Å². The van der Waals surface area contributed by atoms with Gasteiger partial charge in [0, 0.05) is 30.3 Å². The fourth-order valence-electron chi connectivity index (χ4n) is 3.35. The van der Waals surface area contributed by atoms with Crippen LogP contribution in [-0.4, -0.2) is 30.3 Å². The summed E-state index contributed by atoms with van der Waals surface area (Å²) in [6, 6.07) is 3.05. The van der Waals surface area contributed by atoms with Gasteiger partial charge in [-0.1, -0.05) is 6.92 Å². The highest BCUT2D eigenvalue weighted by Gasteiger charge is 2.25. The van der Waals surface area contributed by atoms with E-state index in [1.54, 1.807) is 0 Å². The van der Waals surface area contributed by atoms with Crippen LogP contribution in [0.5, 0.6) is 5.75 Å². The Bertz CT molecular complexity index is 579. The van der Waals surface area contributed by atoms with E-state index >= 15 is 0 Å². The van der Waals surface area contributed by atoms with Gasteiger partial charge < -0.3 is 19.7 Å². The first kappa shape index (κ1) is 16.1. The number of hydrogen-bond acceptors (Lipinski definition) is 3. The van der Waals surface area contributed by atoms with Crippen LogP contribution in [0.1, 0.15) is 43.7 Å². The maximum absolute atomic E-state index is 13.7. The summed E-state index contributed by atoms with van der Waals surface area (Å²) in [6.07, 6.45) is 4.23. The normalized spacial score (nSPS) is 20.6. The van der Waals surface area contributed by atoms with Crippen LogP contribution in [0.15, 0.2) is 12.1 Å². The molecule has 0 saturated carbocycles. The van der Waals surface area contributed by atoms with Crippen molar-refractivity contribution in [3.05, 3.63) is 29.1 Å². The third-order valence-corrected chi connectivity index (χ3v) is 4.54. The molecule has 23 heavy (non-hydrogen) atoms. The molecule has 126 valence electrons. The molecule has 5 nitrogen and oxygen atoms in total. The molecule has 0 bridgehead atoms. The highest BCUT2D eigenvalue weighted by atomic mass is 19.1. The molecule has 1 atom stereocenters. The Morgan fingerprint density at radius 1 is 1.43 bits per heavy atom. The second kappa shape index (κ2) is 7.17. The van der Waals surface area contributed by atoms with Crippen LogP contribution in [0.3, 0.4) is 0 Å². The molecule has 1 saturated heterocycles. The minimum atomic E-state index is -0.341. The number of halogens is 1. The number of hydrogen-bond donors (Lipinski definition) is 1. The van der Waals surface area contributed by atoms with Crippen LogP contribution in [0.25, 0.3) is 0 Å². The van der Waals surface area contributed by atoms with Gasteiger partial charge in [0.05, 0.1) is 6.61 Å². The van der Waals surface area contributed by atoms with Crippen molar-refractivity contribution < 1.29 is 18.7 Å². The number of rotatable bonds is 3. The first-order valence-corrected chi connectivity index (χ1v) is 8.25. The van der Waals surface area contributed by atoms with Gasteiger partial charge in [-0.25, -0.2) is 9.18 Å². The van der Waals surface area contributed by atoms with Crippen LogP contribution < -0.4 is 10.1 Å². The van der Waals surface area contributed by atoms with Crippen molar-refractivity contribution in [2.75, 3.05) is 13.3 Å². The van der Waals surface area contributed by atoms with Gasteiger partial charge in [0.2, 0.25) is 0 Å². The molecule has 0 radical (unpaired) electrons. The number of carbonyl (C=O) groups excluding carboxylic acids is 1. The molecule has 1 fully saturated rings. The first-order valence-electron chi connectivity index (χ1n) is 8.25. The largest absolute Gasteiger partial charge is 0.467 e. The van der Waals surface area contributed by atoms with E-state index in [2.05, 4.69) is 12.2 Å². The molecular formula is C17H23FN2O3. The first-order chi connectivity index (χ1) is 11.2.